The molecule has 2 aromatic heterocycles. The van der Waals surface area contributed by atoms with Gasteiger partial charge in [-0.2, -0.15) is 0 Å². The van der Waals surface area contributed by atoms with Gasteiger partial charge in [0.1, 0.15) is 5.82 Å². The van der Waals surface area contributed by atoms with E-state index in [1.54, 1.807) is 0 Å². The largest absolute Gasteiger partial charge is 0.378 e. The summed E-state index contributed by atoms with van der Waals surface area (Å²) >= 11 is 6.28. The van der Waals surface area contributed by atoms with Crippen LogP contribution >= 0.6 is 11.6 Å². The van der Waals surface area contributed by atoms with Gasteiger partial charge in [0.2, 0.25) is 5.91 Å². The molecule has 1 saturated heterocycles. The summed E-state index contributed by atoms with van der Waals surface area (Å²) in [6, 6.07) is 12.5. The number of primary amides is 1. The lowest BCUT2D eigenvalue weighted by Crippen LogP contribution is -2.36. The van der Waals surface area contributed by atoms with Crippen molar-refractivity contribution in [3.8, 4) is 16.9 Å². The molecular formula is C35H49ClN4O2. The van der Waals surface area contributed by atoms with Crippen LogP contribution in [0.4, 0.5) is 5.82 Å². The zero-order chi connectivity index (χ0) is 31.1. The fraction of sp³-hybridized carbons (Fsp3) is 0.429. The van der Waals surface area contributed by atoms with Crippen LogP contribution in [0.2, 0.25) is 5.02 Å². The first kappa shape index (κ1) is 34.8. The van der Waals surface area contributed by atoms with Crippen LogP contribution in [-0.4, -0.2) is 41.8 Å². The van der Waals surface area contributed by atoms with Crippen LogP contribution in [0.15, 0.2) is 55.3 Å². The predicted octanol–water partition coefficient (Wildman–Crippen LogP) is 8.91. The molecule has 0 bridgehead atoms. The molecule has 7 heteroatoms. The van der Waals surface area contributed by atoms with E-state index in [9.17, 15) is 4.79 Å². The Morgan fingerprint density at radius 3 is 2.17 bits per heavy atom. The molecule has 42 heavy (non-hydrogen) atoms. The summed E-state index contributed by atoms with van der Waals surface area (Å²) in [5.41, 5.74) is 11.6. The zero-order valence-electron chi connectivity index (χ0n) is 26.3. The zero-order valence-corrected chi connectivity index (χ0v) is 27.1. The molecule has 1 fully saturated rings. The van der Waals surface area contributed by atoms with Gasteiger partial charge in [-0.1, -0.05) is 70.9 Å². The van der Waals surface area contributed by atoms with Gasteiger partial charge in [-0.25, -0.2) is 4.98 Å². The van der Waals surface area contributed by atoms with E-state index in [1.807, 2.05) is 38.3 Å². The van der Waals surface area contributed by atoms with Crippen LogP contribution < -0.4 is 10.6 Å². The van der Waals surface area contributed by atoms with Crippen molar-refractivity contribution in [2.45, 2.75) is 73.1 Å². The number of rotatable bonds is 10. The second-order valence-electron chi connectivity index (χ2n) is 9.97. The molecule has 1 aliphatic rings. The topological polar surface area (TPSA) is 73.4 Å². The summed E-state index contributed by atoms with van der Waals surface area (Å²) in [5, 5.41) is 0.730. The third kappa shape index (κ3) is 9.07. The Labute approximate surface area is 258 Å². The number of ether oxygens (including phenoxy) is 1. The molecule has 1 aliphatic heterocycles. The summed E-state index contributed by atoms with van der Waals surface area (Å²) in [5.74, 6) is 1.12. The average molecular weight is 593 g/mol. The van der Waals surface area contributed by atoms with Crippen LogP contribution in [0.3, 0.4) is 0 Å². The van der Waals surface area contributed by atoms with Gasteiger partial charge in [0.05, 0.1) is 24.6 Å². The Bertz CT molecular complexity index is 1260. The van der Waals surface area contributed by atoms with Crippen molar-refractivity contribution >= 4 is 35.5 Å². The number of amides is 1. The molecule has 3 aromatic rings. The van der Waals surface area contributed by atoms with E-state index in [0.29, 0.717) is 5.92 Å². The van der Waals surface area contributed by atoms with Gasteiger partial charge in [-0.3, -0.25) is 4.79 Å². The summed E-state index contributed by atoms with van der Waals surface area (Å²) in [6.07, 6.45) is 13.0. The molecular weight excluding hydrogens is 544 g/mol. The number of hydrogen-bond donors (Lipinski definition) is 1. The highest BCUT2D eigenvalue weighted by Gasteiger charge is 2.27. The number of nitrogens with zero attached hydrogens (tertiary/aromatic N) is 3. The molecule has 1 aromatic carbocycles. The normalized spacial score (nSPS) is 12.9. The van der Waals surface area contributed by atoms with Crippen LogP contribution in [0.5, 0.6) is 0 Å². The van der Waals surface area contributed by atoms with Crippen LogP contribution in [0.1, 0.15) is 90.0 Å². The van der Waals surface area contributed by atoms with Crippen LogP contribution in [0, 0.1) is 0 Å². The van der Waals surface area contributed by atoms with E-state index in [-0.39, 0.29) is 5.91 Å². The molecule has 0 saturated carbocycles. The van der Waals surface area contributed by atoms with E-state index < -0.39 is 0 Å². The van der Waals surface area contributed by atoms with Gasteiger partial charge in [-0.05, 0) is 73.7 Å². The third-order valence-electron chi connectivity index (χ3n) is 6.94. The van der Waals surface area contributed by atoms with Gasteiger partial charge in [0.15, 0.2) is 0 Å². The predicted molar refractivity (Wildman–Crippen MR) is 181 cm³/mol. The first-order valence-electron chi connectivity index (χ1n) is 15.2. The first-order valence-corrected chi connectivity index (χ1v) is 15.6. The van der Waals surface area contributed by atoms with Gasteiger partial charge < -0.3 is 19.9 Å². The number of carbonyl (C=O) groups is 1. The van der Waals surface area contributed by atoms with Crippen LogP contribution in [-0.2, 0) is 9.53 Å². The van der Waals surface area contributed by atoms with Crippen molar-refractivity contribution in [2.24, 2.45) is 5.73 Å². The number of benzene rings is 1. The molecule has 1 amide bonds. The molecule has 0 unspecified atom stereocenters. The molecule has 0 spiro atoms. The first-order chi connectivity index (χ1) is 20.4. The van der Waals surface area contributed by atoms with Crippen molar-refractivity contribution in [3.63, 3.8) is 0 Å². The maximum absolute atomic E-state index is 9.22. The van der Waals surface area contributed by atoms with E-state index in [4.69, 9.17) is 21.3 Å². The summed E-state index contributed by atoms with van der Waals surface area (Å²) in [6.45, 7) is 19.4. The fourth-order valence-corrected chi connectivity index (χ4v) is 5.49. The average Bonchev–Trinajstić information content (AvgIpc) is 3.32. The maximum atomic E-state index is 9.22. The number of hydrogen-bond acceptors (Lipinski definition) is 4. The van der Waals surface area contributed by atoms with Crippen molar-refractivity contribution in [2.75, 3.05) is 31.2 Å². The lowest BCUT2D eigenvalue weighted by molar-refractivity contribution is -0.115. The second-order valence-corrected chi connectivity index (χ2v) is 10.4. The minimum Gasteiger partial charge on any atom is -0.378 e. The minimum atomic E-state index is -0.333. The summed E-state index contributed by atoms with van der Waals surface area (Å²) < 4.78 is 7.87. The molecule has 0 radical (unpaired) electrons. The van der Waals surface area contributed by atoms with Gasteiger partial charge >= 0.3 is 0 Å². The number of nitrogens with two attached hydrogens (primary N) is 1. The third-order valence-corrected chi connectivity index (χ3v) is 7.19. The Hall–Kier alpha value is -3.35. The SMILES string of the molecule is C=Cc1c(/C=C\C)c(C(CCC)CCC)c(-c2ccc(N3CCOCC3)nc2)n1-c1ccc(Cl)cc1.CC.CC(N)=O. The number of anilines is 1. The van der Waals surface area contributed by atoms with E-state index >= 15 is 0 Å². The fourth-order valence-electron chi connectivity index (χ4n) is 5.36. The van der Waals surface area contributed by atoms with Crippen molar-refractivity contribution in [3.05, 3.63) is 77.1 Å². The van der Waals surface area contributed by atoms with Crippen molar-refractivity contribution in [1.82, 2.24) is 9.55 Å². The molecule has 0 aliphatic carbocycles. The Morgan fingerprint density at radius 1 is 1.10 bits per heavy atom. The smallest absolute Gasteiger partial charge is 0.214 e. The summed E-state index contributed by atoms with van der Waals surface area (Å²) in [4.78, 5) is 16.4. The van der Waals surface area contributed by atoms with Crippen molar-refractivity contribution in [1.29, 1.82) is 0 Å². The highest BCUT2D eigenvalue weighted by atomic mass is 35.5. The van der Waals surface area contributed by atoms with E-state index in [0.717, 1.165) is 79.8 Å². The highest BCUT2D eigenvalue weighted by Crippen LogP contribution is 2.43. The standard InChI is InChI=1S/C31H38ClN3O.C2H5NO.C2H6/c1-5-9-23(10-6-2)30-27(11-7-3)28(8-4)35(26-15-13-25(32)14-16-26)31(30)24-12-17-29(33-22-24)34-18-20-36-21-19-34;1-2(3)4;1-2/h7-8,11-17,22-23H,4-6,9-10,18-21H2,1-3H3;1H3,(H2,3,4);1-2H3/b11-7-;;. The number of carbonyl (C=O) groups excluding carboxylic acids is 1. The number of aromatic nitrogens is 2. The van der Waals surface area contributed by atoms with Crippen molar-refractivity contribution < 1.29 is 9.53 Å². The Balaban J connectivity index is 0.000000947. The number of pyridine rings is 1. The lowest BCUT2D eigenvalue weighted by Gasteiger charge is -2.28. The molecule has 2 N–H and O–H groups in total. The molecule has 6 nitrogen and oxygen atoms in total. The van der Waals surface area contributed by atoms with Gasteiger partial charge in [-0.15, -0.1) is 0 Å². The summed E-state index contributed by atoms with van der Waals surface area (Å²) in [7, 11) is 0. The number of halogens is 1. The quantitative estimate of drug-likeness (QED) is 0.255. The molecule has 0 atom stereocenters. The number of morpholine rings is 1. The van der Waals surface area contributed by atoms with Gasteiger partial charge in [0.25, 0.3) is 0 Å². The lowest BCUT2D eigenvalue weighted by atomic mass is 9.86. The molecule has 3 heterocycles. The molecule has 4 rings (SSSR count). The Kier molecular flexibility index (Phi) is 15.1. The molecule has 228 valence electrons. The second kappa shape index (κ2) is 18.2. The van der Waals surface area contributed by atoms with E-state index in [1.165, 1.54) is 23.7 Å². The van der Waals surface area contributed by atoms with Gasteiger partial charge in [0, 0.05) is 48.0 Å². The van der Waals surface area contributed by atoms with Crippen LogP contribution in [0.25, 0.3) is 29.1 Å². The maximum Gasteiger partial charge on any atom is 0.214 e. The Morgan fingerprint density at radius 2 is 1.69 bits per heavy atom. The van der Waals surface area contributed by atoms with E-state index in [2.05, 4.69) is 79.0 Å². The highest BCUT2D eigenvalue weighted by molar-refractivity contribution is 6.30. The monoisotopic (exact) mass is 592 g/mol. The minimum absolute atomic E-state index is 0.333. The number of allylic oxidation sites excluding steroid dienone is 1.